The average Bonchev–Trinajstić information content (AvgIpc) is 2.58. The Hall–Kier alpha value is -0.970. The van der Waals surface area contributed by atoms with Crippen LogP contribution in [0.2, 0.25) is 0 Å². The van der Waals surface area contributed by atoms with E-state index in [9.17, 15) is 4.39 Å². The third kappa shape index (κ3) is 1.32. The molecule has 1 saturated heterocycles. The Balaban J connectivity index is 2.11. The number of halogens is 1. The van der Waals surface area contributed by atoms with Crippen molar-refractivity contribution in [2.75, 3.05) is 6.54 Å². The van der Waals surface area contributed by atoms with E-state index in [0.29, 0.717) is 24.7 Å². The molecule has 2 rings (SSSR count). The minimum Gasteiger partial charge on any atom is -0.338 e. The molecular weight excluding hydrogens is 161 g/mol. The highest BCUT2D eigenvalue weighted by Gasteiger charge is 2.28. The van der Waals surface area contributed by atoms with Crippen LogP contribution in [0, 0.1) is 6.92 Å². The van der Waals surface area contributed by atoms with Crippen molar-refractivity contribution in [3.05, 3.63) is 11.7 Å². The number of nitrogens with one attached hydrogen (secondary N) is 1. The second kappa shape index (κ2) is 2.82. The quantitative estimate of drug-likeness (QED) is 0.677. The van der Waals surface area contributed by atoms with E-state index in [2.05, 4.69) is 15.5 Å². The Bertz CT molecular complexity index is 275. The summed E-state index contributed by atoms with van der Waals surface area (Å²) in [5.74, 6) is 1.08. The van der Waals surface area contributed by atoms with E-state index in [1.807, 2.05) is 0 Å². The molecule has 1 N–H and O–H groups in total. The Labute approximate surface area is 69.2 Å². The number of rotatable bonds is 1. The minimum atomic E-state index is -0.790. The molecule has 5 heteroatoms. The van der Waals surface area contributed by atoms with Gasteiger partial charge in [0, 0.05) is 13.0 Å². The number of aromatic nitrogens is 2. The lowest BCUT2D eigenvalue weighted by Gasteiger charge is -2.00. The monoisotopic (exact) mass is 171 g/mol. The van der Waals surface area contributed by atoms with Crippen LogP contribution >= 0.6 is 0 Å². The van der Waals surface area contributed by atoms with Crippen LogP contribution in [0.15, 0.2) is 4.52 Å². The first kappa shape index (κ1) is 7.67. The zero-order valence-electron chi connectivity index (χ0n) is 6.75. The van der Waals surface area contributed by atoms with Gasteiger partial charge in [0.15, 0.2) is 5.82 Å². The summed E-state index contributed by atoms with van der Waals surface area (Å²) < 4.78 is 17.6. The van der Waals surface area contributed by atoms with E-state index in [0.717, 1.165) is 0 Å². The normalized spacial score (nSPS) is 29.5. The predicted octanol–water partition coefficient (Wildman–Crippen LogP) is 0.751. The molecule has 4 nitrogen and oxygen atoms in total. The predicted molar refractivity (Wildman–Crippen MR) is 39.3 cm³/mol. The van der Waals surface area contributed by atoms with Crippen LogP contribution in [0.1, 0.15) is 24.2 Å². The third-order valence-corrected chi connectivity index (χ3v) is 1.92. The number of hydrogen-bond donors (Lipinski definition) is 1. The maximum Gasteiger partial charge on any atom is 0.243 e. The summed E-state index contributed by atoms with van der Waals surface area (Å²) in [6.45, 7) is 2.13. The van der Waals surface area contributed by atoms with E-state index >= 15 is 0 Å². The van der Waals surface area contributed by atoms with Crippen molar-refractivity contribution in [2.24, 2.45) is 0 Å². The summed E-state index contributed by atoms with van der Waals surface area (Å²) >= 11 is 0. The Morgan fingerprint density at radius 1 is 1.67 bits per heavy atom. The standard InChI is InChI=1S/C7H10FN3O/c1-4-10-7(12-11-4)6-2-5(8)3-9-6/h5-6,9H,2-3H2,1H3/t5-,6+/m1/s1. The maximum absolute atomic E-state index is 12.7. The summed E-state index contributed by atoms with van der Waals surface area (Å²) in [4.78, 5) is 4.02. The smallest absolute Gasteiger partial charge is 0.243 e. The molecule has 0 unspecified atom stereocenters. The van der Waals surface area contributed by atoms with Gasteiger partial charge in [0.25, 0.3) is 0 Å². The van der Waals surface area contributed by atoms with Gasteiger partial charge < -0.3 is 9.84 Å². The molecular formula is C7H10FN3O. The summed E-state index contributed by atoms with van der Waals surface area (Å²) in [7, 11) is 0. The molecule has 1 aliphatic rings. The van der Waals surface area contributed by atoms with Crippen LogP contribution in [-0.4, -0.2) is 22.9 Å². The first-order valence-corrected chi connectivity index (χ1v) is 3.93. The van der Waals surface area contributed by atoms with Gasteiger partial charge in [-0.3, -0.25) is 0 Å². The highest BCUT2D eigenvalue weighted by Crippen LogP contribution is 2.23. The van der Waals surface area contributed by atoms with Gasteiger partial charge in [0.1, 0.15) is 6.17 Å². The second-order valence-electron chi connectivity index (χ2n) is 2.97. The van der Waals surface area contributed by atoms with Gasteiger partial charge >= 0.3 is 0 Å². The fraction of sp³-hybridized carbons (Fsp3) is 0.714. The van der Waals surface area contributed by atoms with Crippen LogP contribution in [0.5, 0.6) is 0 Å². The van der Waals surface area contributed by atoms with Crippen LogP contribution in [0.25, 0.3) is 0 Å². The summed E-state index contributed by atoms with van der Waals surface area (Å²) in [5.41, 5.74) is 0. The zero-order chi connectivity index (χ0) is 8.55. The topological polar surface area (TPSA) is 51.0 Å². The van der Waals surface area contributed by atoms with Crippen LogP contribution in [0.3, 0.4) is 0 Å². The van der Waals surface area contributed by atoms with Gasteiger partial charge in [-0.05, 0) is 6.92 Å². The van der Waals surface area contributed by atoms with Crippen LogP contribution in [-0.2, 0) is 0 Å². The molecule has 1 fully saturated rings. The molecule has 2 heterocycles. The maximum atomic E-state index is 12.7. The lowest BCUT2D eigenvalue weighted by atomic mass is 10.2. The molecule has 0 bridgehead atoms. The molecule has 1 aromatic rings. The van der Waals surface area contributed by atoms with E-state index < -0.39 is 6.17 Å². The molecule has 12 heavy (non-hydrogen) atoms. The zero-order valence-corrected chi connectivity index (χ0v) is 6.75. The first-order valence-electron chi connectivity index (χ1n) is 3.93. The Morgan fingerprint density at radius 2 is 2.50 bits per heavy atom. The van der Waals surface area contributed by atoms with Crippen LogP contribution in [0.4, 0.5) is 4.39 Å². The molecule has 2 atom stereocenters. The van der Waals surface area contributed by atoms with Crippen molar-refractivity contribution in [2.45, 2.75) is 25.6 Å². The van der Waals surface area contributed by atoms with E-state index in [-0.39, 0.29) is 6.04 Å². The summed E-state index contributed by atoms with van der Waals surface area (Å²) in [6, 6.07) is -0.0961. The van der Waals surface area contributed by atoms with Crippen molar-refractivity contribution < 1.29 is 8.91 Å². The highest BCUT2D eigenvalue weighted by molar-refractivity contribution is 4.96. The number of hydrogen-bond acceptors (Lipinski definition) is 4. The highest BCUT2D eigenvalue weighted by atomic mass is 19.1. The van der Waals surface area contributed by atoms with Crippen molar-refractivity contribution >= 4 is 0 Å². The Kier molecular flexibility index (Phi) is 1.80. The Morgan fingerprint density at radius 3 is 3.00 bits per heavy atom. The summed E-state index contributed by atoms with van der Waals surface area (Å²) in [6.07, 6.45) is -0.357. The molecule has 0 aromatic carbocycles. The summed E-state index contributed by atoms with van der Waals surface area (Å²) in [5, 5.41) is 6.60. The van der Waals surface area contributed by atoms with Crippen LogP contribution < -0.4 is 5.32 Å². The average molecular weight is 171 g/mol. The minimum absolute atomic E-state index is 0.0961. The second-order valence-corrected chi connectivity index (χ2v) is 2.97. The van der Waals surface area contributed by atoms with Gasteiger partial charge in [0.05, 0.1) is 6.04 Å². The molecule has 0 radical (unpaired) electrons. The number of alkyl halides is 1. The lowest BCUT2D eigenvalue weighted by Crippen LogP contribution is -2.14. The number of nitrogens with zero attached hydrogens (tertiary/aromatic N) is 2. The van der Waals surface area contributed by atoms with Gasteiger partial charge in [-0.15, -0.1) is 0 Å². The molecule has 0 aliphatic carbocycles. The van der Waals surface area contributed by atoms with E-state index in [1.54, 1.807) is 6.92 Å². The number of aryl methyl sites for hydroxylation is 1. The van der Waals surface area contributed by atoms with E-state index in [4.69, 9.17) is 4.52 Å². The molecule has 0 amide bonds. The lowest BCUT2D eigenvalue weighted by molar-refractivity contribution is 0.323. The van der Waals surface area contributed by atoms with Gasteiger partial charge in [0.2, 0.25) is 5.89 Å². The third-order valence-electron chi connectivity index (χ3n) is 1.92. The van der Waals surface area contributed by atoms with Gasteiger partial charge in [-0.1, -0.05) is 5.16 Å². The van der Waals surface area contributed by atoms with Crippen molar-refractivity contribution in [3.63, 3.8) is 0 Å². The van der Waals surface area contributed by atoms with E-state index in [1.165, 1.54) is 0 Å². The van der Waals surface area contributed by atoms with Crippen molar-refractivity contribution in [1.29, 1.82) is 0 Å². The molecule has 1 aliphatic heterocycles. The molecule has 66 valence electrons. The SMILES string of the molecule is Cc1noc([C@@H]2C[C@@H](F)CN2)n1. The largest absolute Gasteiger partial charge is 0.338 e. The molecule has 0 saturated carbocycles. The fourth-order valence-electron chi connectivity index (χ4n) is 1.34. The molecule has 0 spiro atoms. The fourth-order valence-corrected chi connectivity index (χ4v) is 1.34. The first-order chi connectivity index (χ1) is 5.75. The van der Waals surface area contributed by atoms with Crippen molar-refractivity contribution in [1.82, 2.24) is 15.5 Å². The van der Waals surface area contributed by atoms with Gasteiger partial charge in [-0.2, -0.15) is 4.98 Å². The molecule has 1 aromatic heterocycles. The van der Waals surface area contributed by atoms with Crippen molar-refractivity contribution in [3.8, 4) is 0 Å². The van der Waals surface area contributed by atoms with Gasteiger partial charge in [-0.25, -0.2) is 4.39 Å².